The smallest absolute Gasteiger partial charge is 0.0621 e. The lowest BCUT2D eigenvalue weighted by Gasteiger charge is -2.36. The number of hydrogen-bond donors (Lipinski definition) is 1. The second-order valence-corrected chi connectivity index (χ2v) is 6.39. The highest BCUT2D eigenvalue weighted by atomic mass is 35.5. The molecule has 0 radical (unpaired) electrons. The summed E-state index contributed by atoms with van der Waals surface area (Å²) in [5.41, 5.74) is 2.33. The fourth-order valence-electron chi connectivity index (χ4n) is 2.50. The molecule has 0 aliphatic carbocycles. The van der Waals surface area contributed by atoms with Crippen LogP contribution in [0.1, 0.15) is 6.42 Å². The molecule has 1 aromatic carbocycles. The summed E-state index contributed by atoms with van der Waals surface area (Å²) < 4.78 is 0. The van der Waals surface area contributed by atoms with Gasteiger partial charge in [-0.05, 0) is 18.6 Å². The van der Waals surface area contributed by atoms with Crippen molar-refractivity contribution >= 4 is 46.3 Å². The molecular formula is C12H14Cl2N2S. The lowest BCUT2D eigenvalue weighted by atomic mass is 10.2. The Bertz CT molecular complexity index is 439. The van der Waals surface area contributed by atoms with E-state index in [0.29, 0.717) is 16.1 Å². The predicted octanol–water partition coefficient (Wildman–Crippen LogP) is 3.73. The Labute approximate surface area is 116 Å². The van der Waals surface area contributed by atoms with Gasteiger partial charge in [-0.1, -0.05) is 23.2 Å². The van der Waals surface area contributed by atoms with Gasteiger partial charge < -0.3 is 10.2 Å². The van der Waals surface area contributed by atoms with Crippen LogP contribution in [0.15, 0.2) is 12.1 Å². The minimum Gasteiger partial charge on any atom is -0.383 e. The number of anilines is 2. The van der Waals surface area contributed by atoms with Crippen molar-refractivity contribution in [3.05, 3.63) is 22.2 Å². The molecule has 1 atom stereocenters. The number of thioether (sulfide) groups is 1. The first-order valence-electron chi connectivity index (χ1n) is 5.83. The average Bonchev–Trinajstić information content (AvgIpc) is 2.50. The molecule has 0 aromatic heterocycles. The summed E-state index contributed by atoms with van der Waals surface area (Å²) in [6.07, 6.45) is 1.18. The van der Waals surface area contributed by atoms with Gasteiger partial charge in [-0.3, -0.25) is 0 Å². The molecular weight excluding hydrogens is 275 g/mol. The third-order valence-electron chi connectivity index (χ3n) is 3.37. The normalized spacial score (nSPS) is 23.4. The average molecular weight is 289 g/mol. The van der Waals surface area contributed by atoms with E-state index in [-0.39, 0.29) is 0 Å². The van der Waals surface area contributed by atoms with Gasteiger partial charge in [-0.25, -0.2) is 0 Å². The number of fused-ring (bicyclic) bond motifs is 3. The highest BCUT2D eigenvalue weighted by Crippen LogP contribution is 2.39. The summed E-state index contributed by atoms with van der Waals surface area (Å²) in [5, 5.41) is 4.73. The van der Waals surface area contributed by atoms with E-state index in [9.17, 15) is 0 Å². The number of hydrogen-bond acceptors (Lipinski definition) is 3. The molecule has 1 fully saturated rings. The van der Waals surface area contributed by atoms with E-state index < -0.39 is 0 Å². The Kier molecular flexibility index (Phi) is 3.33. The lowest BCUT2D eigenvalue weighted by molar-refractivity contribution is 0.625. The van der Waals surface area contributed by atoms with E-state index in [0.717, 1.165) is 18.8 Å². The van der Waals surface area contributed by atoms with Gasteiger partial charge in [0.2, 0.25) is 0 Å². The van der Waals surface area contributed by atoms with E-state index in [1.54, 1.807) is 0 Å². The maximum Gasteiger partial charge on any atom is 0.0621 e. The van der Waals surface area contributed by atoms with Crippen molar-refractivity contribution in [2.24, 2.45) is 0 Å². The maximum absolute atomic E-state index is 6.14. The minimum absolute atomic E-state index is 0.625. The predicted molar refractivity (Wildman–Crippen MR) is 78.0 cm³/mol. The van der Waals surface area contributed by atoms with Crippen LogP contribution in [0.4, 0.5) is 11.4 Å². The molecule has 1 aromatic rings. The summed E-state index contributed by atoms with van der Waals surface area (Å²) in [7, 11) is 0. The van der Waals surface area contributed by atoms with Crippen LogP contribution in [0.25, 0.3) is 0 Å². The van der Waals surface area contributed by atoms with Crippen LogP contribution in [-0.4, -0.2) is 30.6 Å². The van der Waals surface area contributed by atoms with Crippen LogP contribution in [0.3, 0.4) is 0 Å². The van der Waals surface area contributed by atoms with Gasteiger partial charge in [-0.2, -0.15) is 11.8 Å². The number of nitrogens with zero attached hydrogens (tertiary/aromatic N) is 1. The molecule has 0 saturated carbocycles. The molecule has 92 valence electrons. The Hall–Kier alpha value is -0.250. The van der Waals surface area contributed by atoms with Gasteiger partial charge >= 0.3 is 0 Å². The highest BCUT2D eigenvalue weighted by Gasteiger charge is 2.27. The molecule has 2 heterocycles. The number of halogens is 2. The number of rotatable bonds is 0. The molecule has 1 N–H and O–H groups in total. The van der Waals surface area contributed by atoms with E-state index in [2.05, 4.69) is 10.2 Å². The Morgan fingerprint density at radius 2 is 2.12 bits per heavy atom. The molecule has 2 nitrogen and oxygen atoms in total. The van der Waals surface area contributed by atoms with Crippen molar-refractivity contribution in [1.82, 2.24) is 0 Å². The van der Waals surface area contributed by atoms with E-state index >= 15 is 0 Å². The molecule has 1 saturated heterocycles. The molecule has 0 spiro atoms. The topological polar surface area (TPSA) is 15.3 Å². The standard InChI is InChI=1S/C12H14Cl2N2S/c13-9-5-11-12(6-10(9)14)16-3-4-17-7-8(16)1-2-15-11/h5-6,8,15H,1-4,7H2. The zero-order valence-corrected chi connectivity index (χ0v) is 11.7. The maximum atomic E-state index is 6.14. The van der Waals surface area contributed by atoms with Crippen LogP contribution < -0.4 is 10.2 Å². The lowest BCUT2D eigenvalue weighted by Crippen LogP contribution is -2.42. The van der Waals surface area contributed by atoms with Gasteiger partial charge in [0.25, 0.3) is 0 Å². The monoisotopic (exact) mass is 288 g/mol. The van der Waals surface area contributed by atoms with E-state index in [4.69, 9.17) is 23.2 Å². The third kappa shape index (κ3) is 2.20. The van der Waals surface area contributed by atoms with Gasteiger partial charge in [0.05, 0.1) is 21.4 Å². The molecule has 17 heavy (non-hydrogen) atoms. The van der Waals surface area contributed by atoms with Gasteiger partial charge in [-0.15, -0.1) is 0 Å². The van der Waals surface area contributed by atoms with Crippen molar-refractivity contribution in [3.8, 4) is 0 Å². The summed E-state index contributed by atoms with van der Waals surface area (Å²) in [6.45, 7) is 2.11. The molecule has 2 aliphatic rings. The molecule has 0 bridgehead atoms. The zero-order valence-electron chi connectivity index (χ0n) is 9.38. The number of nitrogens with one attached hydrogen (secondary N) is 1. The minimum atomic E-state index is 0.625. The van der Waals surface area contributed by atoms with Gasteiger partial charge in [0, 0.05) is 30.6 Å². The van der Waals surface area contributed by atoms with Crippen LogP contribution >= 0.6 is 35.0 Å². The zero-order chi connectivity index (χ0) is 11.8. The first-order chi connectivity index (χ1) is 8.25. The van der Waals surface area contributed by atoms with Crippen molar-refractivity contribution in [1.29, 1.82) is 0 Å². The number of benzene rings is 1. The fraction of sp³-hybridized carbons (Fsp3) is 0.500. The van der Waals surface area contributed by atoms with Crippen molar-refractivity contribution in [2.75, 3.05) is 34.8 Å². The van der Waals surface area contributed by atoms with Crippen molar-refractivity contribution in [2.45, 2.75) is 12.5 Å². The largest absolute Gasteiger partial charge is 0.383 e. The summed E-state index contributed by atoms with van der Waals surface area (Å²) in [4.78, 5) is 2.48. The molecule has 5 heteroatoms. The van der Waals surface area contributed by atoms with Gasteiger partial charge in [0.15, 0.2) is 0 Å². The third-order valence-corrected chi connectivity index (χ3v) is 5.18. The molecule has 2 aliphatic heterocycles. The first-order valence-corrected chi connectivity index (χ1v) is 7.74. The van der Waals surface area contributed by atoms with Crippen molar-refractivity contribution < 1.29 is 0 Å². The Morgan fingerprint density at radius 1 is 1.29 bits per heavy atom. The second-order valence-electron chi connectivity index (χ2n) is 4.42. The first kappa shape index (κ1) is 11.8. The summed E-state index contributed by atoms with van der Waals surface area (Å²) in [5.74, 6) is 2.40. The fourth-order valence-corrected chi connectivity index (χ4v) is 3.93. The van der Waals surface area contributed by atoms with Crippen LogP contribution in [0.2, 0.25) is 10.0 Å². The van der Waals surface area contributed by atoms with Crippen LogP contribution in [0.5, 0.6) is 0 Å². The van der Waals surface area contributed by atoms with Crippen molar-refractivity contribution in [3.63, 3.8) is 0 Å². The second kappa shape index (κ2) is 4.79. The molecule has 1 unspecified atom stereocenters. The highest BCUT2D eigenvalue weighted by molar-refractivity contribution is 7.99. The molecule has 3 rings (SSSR count). The van der Waals surface area contributed by atoms with Gasteiger partial charge in [0.1, 0.15) is 0 Å². The summed E-state index contributed by atoms with van der Waals surface area (Å²) >= 11 is 14.3. The Balaban J connectivity index is 2.05. The Morgan fingerprint density at radius 3 is 3.00 bits per heavy atom. The summed E-state index contributed by atoms with van der Waals surface area (Å²) in [6, 6.07) is 4.57. The molecule has 0 amide bonds. The van der Waals surface area contributed by atoms with E-state index in [1.165, 1.54) is 23.6 Å². The van der Waals surface area contributed by atoms with E-state index in [1.807, 2.05) is 23.9 Å². The SMILES string of the molecule is Clc1cc2c(cc1Cl)N1CCSCC1CCN2. The van der Waals surface area contributed by atoms with Crippen LogP contribution in [-0.2, 0) is 0 Å². The van der Waals surface area contributed by atoms with Crippen LogP contribution in [0, 0.1) is 0 Å². The quantitative estimate of drug-likeness (QED) is 0.783.